The maximum absolute atomic E-state index is 5.60. The number of rotatable bonds is 6. The zero-order valence-corrected chi connectivity index (χ0v) is 17.0. The molecule has 1 aliphatic heterocycles. The van der Waals surface area contributed by atoms with Crippen LogP contribution in [0.25, 0.3) is 11.4 Å². The lowest BCUT2D eigenvalue weighted by Gasteiger charge is -2.29. The molecule has 2 aromatic carbocycles. The van der Waals surface area contributed by atoms with Gasteiger partial charge in [-0.05, 0) is 49.2 Å². The second kappa shape index (κ2) is 9.09. The molecule has 1 atom stereocenters. The van der Waals surface area contributed by atoms with E-state index in [1.54, 1.807) is 14.2 Å². The van der Waals surface area contributed by atoms with Gasteiger partial charge in [0.05, 0.1) is 26.3 Å². The molecule has 0 spiro atoms. The Kier molecular flexibility index (Phi) is 6.10. The largest absolute Gasteiger partial charge is 0.497 e. The van der Waals surface area contributed by atoms with E-state index < -0.39 is 0 Å². The fourth-order valence-electron chi connectivity index (χ4n) is 3.99. The first-order chi connectivity index (χ1) is 14.3. The van der Waals surface area contributed by atoms with Gasteiger partial charge in [-0.2, -0.15) is 4.98 Å². The molecule has 1 saturated heterocycles. The maximum Gasteiger partial charge on any atom is 0.241 e. The summed E-state index contributed by atoms with van der Waals surface area (Å²) in [4.78, 5) is 7.10. The Bertz CT molecular complexity index is 923. The smallest absolute Gasteiger partial charge is 0.241 e. The number of ether oxygens (including phenoxy) is 2. The number of methoxy groups -OCH3 is 2. The zero-order valence-electron chi connectivity index (χ0n) is 17.0. The standard InChI is InChI=1S/C23H27N3O3/c1-27-18-13-11-17(12-14-18)20-9-4-3-7-15-26(20)16-22-24-23(25-29-22)19-8-5-6-10-21(19)28-2/h5-6,8,10-14,20H,3-4,7,9,15-16H2,1-2H3. The molecule has 1 aliphatic rings. The first-order valence-corrected chi connectivity index (χ1v) is 10.1. The predicted octanol–water partition coefficient (Wildman–Crippen LogP) is 4.87. The van der Waals surface area contributed by atoms with Crippen LogP contribution in [0.1, 0.15) is 43.2 Å². The number of aromatic nitrogens is 2. The topological polar surface area (TPSA) is 60.6 Å². The van der Waals surface area contributed by atoms with Crippen LogP contribution in [-0.2, 0) is 6.54 Å². The number of hydrogen-bond donors (Lipinski definition) is 0. The highest BCUT2D eigenvalue weighted by Gasteiger charge is 2.25. The molecule has 1 aromatic heterocycles. The van der Waals surface area contributed by atoms with Crippen LogP contribution in [0.5, 0.6) is 11.5 Å². The van der Waals surface area contributed by atoms with Crippen molar-refractivity contribution in [3.05, 3.63) is 60.0 Å². The molecule has 0 N–H and O–H groups in total. The summed E-state index contributed by atoms with van der Waals surface area (Å²) in [6.07, 6.45) is 4.78. The van der Waals surface area contributed by atoms with Gasteiger partial charge < -0.3 is 14.0 Å². The highest BCUT2D eigenvalue weighted by Crippen LogP contribution is 2.33. The monoisotopic (exact) mass is 393 g/mol. The van der Waals surface area contributed by atoms with Crippen LogP contribution in [0.3, 0.4) is 0 Å². The van der Waals surface area contributed by atoms with E-state index >= 15 is 0 Å². The summed E-state index contributed by atoms with van der Waals surface area (Å²) in [6.45, 7) is 1.65. The maximum atomic E-state index is 5.60. The van der Waals surface area contributed by atoms with Gasteiger partial charge in [-0.25, -0.2) is 0 Å². The normalized spacial score (nSPS) is 17.7. The molecular weight excluding hydrogens is 366 g/mol. The van der Waals surface area contributed by atoms with Crippen LogP contribution in [0.2, 0.25) is 0 Å². The summed E-state index contributed by atoms with van der Waals surface area (Å²) in [7, 11) is 3.35. The molecule has 0 amide bonds. The Morgan fingerprint density at radius 1 is 1.00 bits per heavy atom. The van der Waals surface area contributed by atoms with Crippen LogP contribution in [0.15, 0.2) is 53.1 Å². The second-order valence-corrected chi connectivity index (χ2v) is 7.32. The number of likely N-dealkylation sites (tertiary alicyclic amines) is 1. The van der Waals surface area contributed by atoms with Crippen molar-refractivity contribution in [2.75, 3.05) is 20.8 Å². The van der Waals surface area contributed by atoms with E-state index in [-0.39, 0.29) is 0 Å². The van der Waals surface area contributed by atoms with Crippen LogP contribution in [0, 0.1) is 0 Å². The first-order valence-electron chi connectivity index (χ1n) is 10.1. The van der Waals surface area contributed by atoms with Crippen LogP contribution < -0.4 is 9.47 Å². The Morgan fingerprint density at radius 2 is 1.83 bits per heavy atom. The van der Waals surface area contributed by atoms with E-state index in [2.05, 4.69) is 27.2 Å². The number of nitrogens with zero attached hydrogens (tertiary/aromatic N) is 3. The minimum atomic E-state index is 0.338. The Hall–Kier alpha value is -2.86. The summed E-state index contributed by atoms with van der Waals surface area (Å²) in [5.41, 5.74) is 2.14. The van der Waals surface area contributed by atoms with E-state index in [9.17, 15) is 0 Å². The van der Waals surface area contributed by atoms with Gasteiger partial charge in [0.2, 0.25) is 11.7 Å². The van der Waals surface area contributed by atoms with Gasteiger partial charge in [0.1, 0.15) is 11.5 Å². The zero-order chi connectivity index (χ0) is 20.1. The van der Waals surface area contributed by atoms with Crippen molar-refractivity contribution in [1.29, 1.82) is 0 Å². The average molecular weight is 393 g/mol. The number of para-hydroxylation sites is 1. The van der Waals surface area contributed by atoms with Gasteiger partial charge in [-0.1, -0.05) is 42.3 Å². The van der Waals surface area contributed by atoms with Crippen molar-refractivity contribution in [3.8, 4) is 22.9 Å². The molecule has 0 saturated carbocycles. The molecule has 2 heterocycles. The molecule has 29 heavy (non-hydrogen) atoms. The van der Waals surface area contributed by atoms with Crippen molar-refractivity contribution in [2.24, 2.45) is 0 Å². The lowest BCUT2D eigenvalue weighted by molar-refractivity contribution is 0.168. The van der Waals surface area contributed by atoms with Gasteiger partial charge in [-0.3, -0.25) is 4.90 Å². The molecule has 1 unspecified atom stereocenters. The van der Waals surface area contributed by atoms with Gasteiger partial charge in [0.15, 0.2) is 0 Å². The third-order valence-electron chi connectivity index (χ3n) is 5.52. The predicted molar refractivity (Wildman–Crippen MR) is 111 cm³/mol. The minimum Gasteiger partial charge on any atom is -0.497 e. The quantitative estimate of drug-likeness (QED) is 0.595. The first kappa shape index (κ1) is 19.5. The van der Waals surface area contributed by atoms with E-state index in [4.69, 9.17) is 14.0 Å². The molecular formula is C23H27N3O3. The second-order valence-electron chi connectivity index (χ2n) is 7.32. The van der Waals surface area contributed by atoms with Crippen molar-refractivity contribution in [1.82, 2.24) is 15.0 Å². The highest BCUT2D eigenvalue weighted by molar-refractivity contribution is 5.63. The van der Waals surface area contributed by atoms with Gasteiger partial charge in [-0.15, -0.1) is 0 Å². The molecule has 0 bridgehead atoms. The Balaban J connectivity index is 1.55. The summed E-state index contributed by atoms with van der Waals surface area (Å²) < 4.78 is 16.3. The summed E-state index contributed by atoms with van der Waals surface area (Å²) in [5.74, 6) is 2.82. The fourth-order valence-corrected chi connectivity index (χ4v) is 3.99. The van der Waals surface area contributed by atoms with Crippen LogP contribution in [0.4, 0.5) is 0 Å². The fraction of sp³-hybridized carbons (Fsp3) is 0.391. The lowest BCUT2D eigenvalue weighted by Crippen LogP contribution is -2.28. The van der Waals surface area contributed by atoms with Crippen molar-refractivity contribution in [2.45, 2.75) is 38.3 Å². The molecule has 0 radical (unpaired) electrons. The minimum absolute atomic E-state index is 0.338. The summed E-state index contributed by atoms with van der Waals surface area (Å²) in [5, 5.41) is 4.20. The van der Waals surface area contributed by atoms with Crippen molar-refractivity contribution < 1.29 is 14.0 Å². The number of benzene rings is 2. The third-order valence-corrected chi connectivity index (χ3v) is 5.52. The third kappa shape index (κ3) is 4.43. The van der Waals surface area contributed by atoms with Gasteiger partial charge >= 0.3 is 0 Å². The molecule has 152 valence electrons. The average Bonchev–Trinajstić information content (AvgIpc) is 3.11. The number of hydrogen-bond acceptors (Lipinski definition) is 6. The lowest BCUT2D eigenvalue weighted by atomic mass is 10.0. The SMILES string of the molecule is COc1ccc(C2CCCCCN2Cc2nc(-c3ccccc3OC)no2)cc1. The van der Waals surface area contributed by atoms with E-state index in [1.807, 2.05) is 36.4 Å². The van der Waals surface area contributed by atoms with E-state index in [1.165, 1.54) is 24.8 Å². The molecule has 1 fully saturated rings. The Labute approximate surface area is 171 Å². The van der Waals surface area contributed by atoms with Crippen LogP contribution >= 0.6 is 0 Å². The van der Waals surface area contributed by atoms with Gasteiger partial charge in [0.25, 0.3) is 0 Å². The van der Waals surface area contributed by atoms with Gasteiger partial charge in [0, 0.05) is 6.04 Å². The van der Waals surface area contributed by atoms with Crippen LogP contribution in [-0.4, -0.2) is 35.8 Å². The van der Waals surface area contributed by atoms with Crippen molar-refractivity contribution >= 4 is 0 Å². The summed E-state index contributed by atoms with van der Waals surface area (Å²) in [6, 6.07) is 16.5. The molecule has 4 rings (SSSR count). The molecule has 6 heteroatoms. The highest BCUT2D eigenvalue weighted by atomic mass is 16.5. The molecule has 6 nitrogen and oxygen atoms in total. The van der Waals surface area contributed by atoms with E-state index in [0.29, 0.717) is 24.3 Å². The van der Waals surface area contributed by atoms with E-state index in [0.717, 1.165) is 30.0 Å². The Morgan fingerprint density at radius 3 is 2.62 bits per heavy atom. The van der Waals surface area contributed by atoms with Crippen molar-refractivity contribution in [3.63, 3.8) is 0 Å². The summed E-state index contributed by atoms with van der Waals surface area (Å²) >= 11 is 0. The molecule has 3 aromatic rings. The molecule has 0 aliphatic carbocycles.